The molecule has 1 aromatic heterocycles. The molecule has 23 heavy (non-hydrogen) atoms. The van der Waals surface area contributed by atoms with E-state index in [1.807, 2.05) is 13.8 Å². The van der Waals surface area contributed by atoms with E-state index >= 15 is 0 Å². The molecule has 1 aliphatic rings. The summed E-state index contributed by atoms with van der Waals surface area (Å²) in [5.41, 5.74) is 0.475. The highest BCUT2D eigenvalue weighted by atomic mass is 16.5. The Morgan fingerprint density at radius 3 is 3.00 bits per heavy atom. The lowest BCUT2D eigenvalue weighted by atomic mass is 10.1. The molecule has 1 fully saturated rings. The molecule has 0 aromatic carbocycles. The average Bonchev–Trinajstić information content (AvgIpc) is 2.52. The lowest BCUT2D eigenvalue weighted by Crippen LogP contribution is -2.50. The van der Waals surface area contributed by atoms with Gasteiger partial charge in [0, 0.05) is 31.4 Å². The van der Waals surface area contributed by atoms with Gasteiger partial charge in [-0.1, -0.05) is 0 Å². The highest BCUT2D eigenvalue weighted by Crippen LogP contribution is 2.16. The van der Waals surface area contributed by atoms with E-state index in [1.165, 1.54) is 0 Å². The number of nitrogens with one attached hydrogen (secondary N) is 1. The normalized spacial score (nSPS) is 20.3. The van der Waals surface area contributed by atoms with E-state index in [2.05, 4.69) is 29.0 Å². The van der Waals surface area contributed by atoms with E-state index in [1.54, 1.807) is 18.3 Å². The summed E-state index contributed by atoms with van der Waals surface area (Å²) in [5.74, 6) is 0.230. The number of anilines is 1. The molecule has 1 aromatic rings. The van der Waals surface area contributed by atoms with Gasteiger partial charge in [0.05, 0.1) is 19.3 Å². The number of pyridine rings is 1. The van der Waals surface area contributed by atoms with Crippen molar-refractivity contribution in [3.63, 3.8) is 0 Å². The number of hydrogen-bond donors (Lipinski definition) is 1. The molecule has 2 rings (SSSR count). The Hall–Kier alpha value is -1.66. The smallest absolute Gasteiger partial charge is 0.342 e. The van der Waals surface area contributed by atoms with E-state index in [4.69, 9.17) is 9.47 Å². The number of esters is 1. The second kappa shape index (κ2) is 8.26. The number of carbonyl (C=O) groups excluding carboxylic acids is 1. The molecule has 0 spiro atoms. The minimum Gasteiger partial charge on any atom is -0.459 e. The zero-order chi connectivity index (χ0) is 16.8. The summed E-state index contributed by atoms with van der Waals surface area (Å²) in [5, 5.41) is 3.29. The van der Waals surface area contributed by atoms with Crippen molar-refractivity contribution >= 4 is 11.8 Å². The first kappa shape index (κ1) is 17.7. The highest BCUT2D eigenvalue weighted by Gasteiger charge is 2.24. The predicted octanol–water partition coefficient (Wildman–Crippen LogP) is 2.17. The van der Waals surface area contributed by atoms with Crippen molar-refractivity contribution in [2.24, 2.45) is 0 Å². The molecule has 6 nitrogen and oxygen atoms in total. The van der Waals surface area contributed by atoms with Crippen LogP contribution in [0.3, 0.4) is 0 Å². The molecule has 0 saturated carbocycles. The van der Waals surface area contributed by atoms with Gasteiger partial charge in [-0.3, -0.25) is 4.90 Å². The summed E-state index contributed by atoms with van der Waals surface area (Å²) in [6, 6.07) is 4.21. The summed E-state index contributed by atoms with van der Waals surface area (Å²) in [6.45, 7) is 11.2. The summed E-state index contributed by atoms with van der Waals surface area (Å²) < 4.78 is 10.7. The van der Waals surface area contributed by atoms with Crippen LogP contribution < -0.4 is 5.32 Å². The van der Waals surface area contributed by atoms with Crippen molar-refractivity contribution in [2.45, 2.75) is 45.9 Å². The quantitative estimate of drug-likeness (QED) is 0.810. The topological polar surface area (TPSA) is 63.7 Å². The number of carbonyl (C=O) groups is 1. The Labute approximate surface area is 138 Å². The molecule has 0 amide bonds. The zero-order valence-corrected chi connectivity index (χ0v) is 14.4. The number of hydrogen-bond acceptors (Lipinski definition) is 6. The maximum atomic E-state index is 12.1. The summed E-state index contributed by atoms with van der Waals surface area (Å²) >= 11 is 0. The van der Waals surface area contributed by atoms with E-state index in [-0.39, 0.29) is 12.1 Å². The van der Waals surface area contributed by atoms with Crippen LogP contribution in [0.25, 0.3) is 0 Å². The van der Waals surface area contributed by atoms with Gasteiger partial charge in [0.15, 0.2) is 0 Å². The van der Waals surface area contributed by atoms with Crippen LogP contribution in [-0.4, -0.2) is 60.3 Å². The fourth-order valence-corrected chi connectivity index (χ4v) is 2.74. The van der Waals surface area contributed by atoms with Gasteiger partial charge in [-0.2, -0.15) is 0 Å². The third-order valence-corrected chi connectivity index (χ3v) is 3.92. The lowest BCUT2D eigenvalue weighted by Gasteiger charge is -2.38. The molecular formula is C17H27N3O3. The first-order valence-corrected chi connectivity index (χ1v) is 8.22. The van der Waals surface area contributed by atoms with Gasteiger partial charge in [-0.25, -0.2) is 9.78 Å². The van der Waals surface area contributed by atoms with E-state index < -0.39 is 0 Å². The Bertz CT molecular complexity index is 522. The van der Waals surface area contributed by atoms with E-state index in [0.29, 0.717) is 30.0 Å². The predicted molar refractivity (Wildman–Crippen MR) is 89.7 cm³/mol. The molecule has 6 heteroatoms. The zero-order valence-electron chi connectivity index (χ0n) is 14.4. The van der Waals surface area contributed by atoms with Gasteiger partial charge in [-0.15, -0.1) is 0 Å². The standard InChI is InChI=1S/C17H27N3O3/c1-12(2)23-17(21)15-6-5-7-18-16(15)19-10-13(3)20-8-9-22-11-14(20)4/h5-7,12-14H,8-11H2,1-4H3,(H,18,19). The number of rotatable bonds is 6. The van der Waals surface area contributed by atoms with Crippen molar-refractivity contribution in [2.75, 3.05) is 31.6 Å². The van der Waals surface area contributed by atoms with Crippen LogP contribution >= 0.6 is 0 Å². The van der Waals surface area contributed by atoms with Gasteiger partial charge in [-0.05, 0) is 39.8 Å². The molecule has 2 unspecified atom stereocenters. The molecule has 0 radical (unpaired) electrons. The van der Waals surface area contributed by atoms with Gasteiger partial charge in [0.2, 0.25) is 0 Å². The van der Waals surface area contributed by atoms with Gasteiger partial charge in [0.1, 0.15) is 11.4 Å². The molecule has 128 valence electrons. The van der Waals surface area contributed by atoms with Crippen LogP contribution in [0.2, 0.25) is 0 Å². The second-order valence-corrected chi connectivity index (χ2v) is 6.25. The summed E-state index contributed by atoms with van der Waals surface area (Å²) in [7, 11) is 0. The maximum absolute atomic E-state index is 12.1. The summed E-state index contributed by atoms with van der Waals surface area (Å²) in [6.07, 6.45) is 1.53. The SMILES string of the molecule is CC(C)OC(=O)c1cccnc1NCC(C)N1CCOCC1C. The molecule has 1 saturated heterocycles. The van der Waals surface area contributed by atoms with Crippen LogP contribution in [-0.2, 0) is 9.47 Å². The average molecular weight is 321 g/mol. The van der Waals surface area contributed by atoms with E-state index in [9.17, 15) is 4.79 Å². The monoisotopic (exact) mass is 321 g/mol. The molecular weight excluding hydrogens is 294 g/mol. The van der Waals surface area contributed by atoms with Crippen molar-refractivity contribution in [1.82, 2.24) is 9.88 Å². The van der Waals surface area contributed by atoms with Crippen LogP contribution in [0.1, 0.15) is 38.1 Å². The Balaban J connectivity index is 1.98. The first-order valence-electron chi connectivity index (χ1n) is 8.22. The van der Waals surface area contributed by atoms with Crippen LogP contribution in [0.5, 0.6) is 0 Å². The Morgan fingerprint density at radius 1 is 1.52 bits per heavy atom. The molecule has 0 bridgehead atoms. The fourth-order valence-electron chi connectivity index (χ4n) is 2.74. The number of ether oxygens (including phenoxy) is 2. The molecule has 0 aliphatic carbocycles. The lowest BCUT2D eigenvalue weighted by molar-refractivity contribution is -0.0159. The highest BCUT2D eigenvalue weighted by molar-refractivity contribution is 5.94. The maximum Gasteiger partial charge on any atom is 0.342 e. The molecule has 1 aliphatic heterocycles. The van der Waals surface area contributed by atoms with Gasteiger partial charge >= 0.3 is 5.97 Å². The number of morpholine rings is 1. The van der Waals surface area contributed by atoms with Gasteiger partial charge < -0.3 is 14.8 Å². The number of nitrogens with zero attached hydrogens (tertiary/aromatic N) is 2. The van der Waals surface area contributed by atoms with Gasteiger partial charge in [0.25, 0.3) is 0 Å². The molecule has 2 heterocycles. The minimum absolute atomic E-state index is 0.149. The number of aromatic nitrogens is 1. The van der Waals surface area contributed by atoms with Crippen molar-refractivity contribution < 1.29 is 14.3 Å². The Morgan fingerprint density at radius 2 is 2.30 bits per heavy atom. The largest absolute Gasteiger partial charge is 0.459 e. The molecule has 2 atom stereocenters. The molecule has 1 N–H and O–H groups in total. The third-order valence-electron chi connectivity index (χ3n) is 3.92. The van der Waals surface area contributed by atoms with Crippen LogP contribution in [0.15, 0.2) is 18.3 Å². The van der Waals surface area contributed by atoms with Crippen LogP contribution in [0, 0.1) is 0 Å². The fraction of sp³-hybridized carbons (Fsp3) is 0.647. The van der Waals surface area contributed by atoms with Crippen molar-refractivity contribution in [1.29, 1.82) is 0 Å². The Kier molecular flexibility index (Phi) is 6.36. The first-order chi connectivity index (χ1) is 11.0. The van der Waals surface area contributed by atoms with Crippen molar-refractivity contribution in [3.05, 3.63) is 23.9 Å². The van der Waals surface area contributed by atoms with E-state index in [0.717, 1.165) is 19.8 Å². The second-order valence-electron chi connectivity index (χ2n) is 6.25. The summed E-state index contributed by atoms with van der Waals surface area (Å²) in [4.78, 5) is 18.8. The third kappa shape index (κ3) is 4.91. The van der Waals surface area contributed by atoms with Crippen molar-refractivity contribution in [3.8, 4) is 0 Å². The minimum atomic E-state index is -0.344. The van der Waals surface area contributed by atoms with Crippen LogP contribution in [0.4, 0.5) is 5.82 Å².